The van der Waals surface area contributed by atoms with Crippen molar-refractivity contribution in [3.05, 3.63) is 35.2 Å². The molecule has 3 aromatic rings. The van der Waals surface area contributed by atoms with Crippen molar-refractivity contribution in [1.82, 2.24) is 25.2 Å². The van der Waals surface area contributed by atoms with E-state index in [2.05, 4.69) is 57.0 Å². The number of benzene rings is 1. The van der Waals surface area contributed by atoms with E-state index in [1.807, 2.05) is 5.38 Å². The topological polar surface area (TPSA) is 94.8 Å². The summed E-state index contributed by atoms with van der Waals surface area (Å²) in [7, 11) is 0. The van der Waals surface area contributed by atoms with Gasteiger partial charge in [0.25, 0.3) is 0 Å². The van der Waals surface area contributed by atoms with E-state index in [0.29, 0.717) is 16.8 Å². The van der Waals surface area contributed by atoms with Gasteiger partial charge >= 0.3 is 0 Å². The number of carbonyl (C=O) groups excluding carboxylic acids is 1. The number of tetrazole rings is 1. The third kappa shape index (κ3) is 5.20. The molecule has 4 rings (SSSR count). The van der Waals surface area contributed by atoms with Crippen LogP contribution >= 0.6 is 23.1 Å². The third-order valence-electron chi connectivity index (χ3n) is 4.64. The predicted octanol–water partition coefficient (Wildman–Crippen LogP) is 3.27. The van der Waals surface area contributed by atoms with Gasteiger partial charge in [0.2, 0.25) is 11.1 Å². The van der Waals surface area contributed by atoms with E-state index in [1.54, 1.807) is 4.68 Å². The van der Waals surface area contributed by atoms with Gasteiger partial charge in [0, 0.05) is 17.6 Å². The van der Waals surface area contributed by atoms with E-state index in [4.69, 9.17) is 4.74 Å². The standard InChI is InChI=1S/C19H22N6O2S2/c1-2-13-5-7-14(8-6-13)16-11-28-18(20-16)21-17(26)12-29-19-22-23-24-25(19)10-15-4-3-9-27-15/h5-8,11,15H,2-4,9-10,12H2,1H3,(H,20,21,26). The van der Waals surface area contributed by atoms with E-state index in [-0.39, 0.29) is 17.8 Å². The van der Waals surface area contributed by atoms with Gasteiger partial charge in [-0.3, -0.25) is 4.79 Å². The number of rotatable bonds is 8. The molecule has 1 unspecified atom stereocenters. The molecule has 0 saturated carbocycles. The molecule has 1 aromatic carbocycles. The molecule has 0 radical (unpaired) electrons. The van der Waals surface area contributed by atoms with E-state index in [9.17, 15) is 4.79 Å². The smallest absolute Gasteiger partial charge is 0.236 e. The number of aromatic nitrogens is 5. The number of amides is 1. The summed E-state index contributed by atoms with van der Waals surface area (Å²) >= 11 is 2.72. The van der Waals surface area contributed by atoms with Crippen LogP contribution in [0.3, 0.4) is 0 Å². The molecule has 1 aliphatic rings. The monoisotopic (exact) mass is 430 g/mol. The van der Waals surface area contributed by atoms with E-state index in [0.717, 1.165) is 37.1 Å². The molecule has 1 saturated heterocycles. The maximum Gasteiger partial charge on any atom is 0.236 e. The Labute approximate surface area is 177 Å². The highest BCUT2D eigenvalue weighted by atomic mass is 32.2. The zero-order chi connectivity index (χ0) is 20.1. The van der Waals surface area contributed by atoms with Gasteiger partial charge in [-0.25, -0.2) is 9.67 Å². The van der Waals surface area contributed by atoms with Crippen LogP contribution in [0.2, 0.25) is 0 Å². The highest BCUT2D eigenvalue weighted by molar-refractivity contribution is 7.99. The molecule has 0 spiro atoms. The summed E-state index contributed by atoms with van der Waals surface area (Å²) in [6.07, 6.45) is 3.23. The summed E-state index contributed by atoms with van der Waals surface area (Å²) in [4.78, 5) is 16.8. The van der Waals surface area contributed by atoms with Crippen LogP contribution in [-0.2, 0) is 22.5 Å². The number of hydrogen-bond donors (Lipinski definition) is 1. The zero-order valence-corrected chi connectivity index (χ0v) is 17.7. The van der Waals surface area contributed by atoms with E-state index >= 15 is 0 Å². The Morgan fingerprint density at radius 2 is 2.24 bits per heavy atom. The third-order valence-corrected chi connectivity index (χ3v) is 6.36. The average Bonchev–Trinajstić information content (AvgIpc) is 3.50. The van der Waals surface area contributed by atoms with E-state index in [1.165, 1.54) is 28.7 Å². The van der Waals surface area contributed by atoms with Gasteiger partial charge in [0.15, 0.2) is 5.13 Å². The molecule has 29 heavy (non-hydrogen) atoms. The van der Waals surface area contributed by atoms with E-state index < -0.39 is 0 Å². The number of carbonyl (C=O) groups is 1. The van der Waals surface area contributed by atoms with Crippen LogP contribution in [-0.4, -0.2) is 49.6 Å². The fourth-order valence-corrected chi connectivity index (χ4v) is 4.48. The SMILES string of the molecule is CCc1ccc(-c2csc(NC(=O)CSc3nnnn3CC3CCCO3)n2)cc1. The van der Waals surface area contributed by atoms with Crippen molar-refractivity contribution < 1.29 is 9.53 Å². The molecule has 1 aliphatic heterocycles. The van der Waals surface area contributed by atoms with Crippen molar-refractivity contribution in [3.63, 3.8) is 0 Å². The first kappa shape index (κ1) is 20.0. The first-order chi connectivity index (χ1) is 14.2. The average molecular weight is 431 g/mol. The number of aryl methyl sites for hydroxylation is 1. The Morgan fingerprint density at radius 3 is 3.00 bits per heavy atom. The molecular formula is C19H22N6O2S2. The molecule has 0 aliphatic carbocycles. The molecular weight excluding hydrogens is 408 g/mol. The van der Waals surface area contributed by atoms with Crippen LogP contribution in [0.15, 0.2) is 34.8 Å². The van der Waals surface area contributed by atoms with Crippen LogP contribution in [0, 0.1) is 0 Å². The number of anilines is 1. The maximum atomic E-state index is 12.3. The summed E-state index contributed by atoms with van der Waals surface area (Å²) in [5.74, 6) is 0.0790. The molecule has 1 fully saturated rings. The molecule has 0 bridgehead atoms. The molecule has 8 nitrogen and oxygen atoms in total. The summed E-state index contributed by atoms with van der Waals surface area (Å²) in [5, 5.41) is 17.7. The Hall–Kier alpha value is -2.30. The summed E-state index contributed by atoms with van der Waals surface area (Å²) in [5.41, 5.74) is 3.19. The lowest BCUT2D eigenvalue weighted by molar-refractivity contribution is -0.113. The molecule has 152 valence electrons. The Kier molecular flexibility index (Phi) is 6.53. The predicted molar refractivity (Wildman–Crippen MR) is 113 cm³/mol. The van der Waals surface area contributed by atoms with Crippen LogP contribution < -0.4 is 5.32 Å². The number of ether oxygens (including phenoxy) is 1. The second-order valence-electron chi connectivity index (χ2n) is 6.70. The van der Waals surface area contributed by atoms with Crippen LogP contribution in [0.4, 0.5) is 5.13 Å². The second kappa shape index (κ2) is 9.47. The molecule has 3 heterocycles. The van der Waals surface area contributed by atoms with Gasteiger partial charge in [-0.15, -0.1) is 16.4 Å². The highest BCUT2D eigenvalue weighted by Gasteiger charge is 2.19. The first-order valence-corrected chi connectivity index (χ1v) is 11.4. The van der Waals surface area contributed by atoms with Crippen molar-refractivity contribution in [3.8, 4) is 11.3 Å². The van der Waals surface area contributed by atoms with Crippen LogP contribution in [0.25, 0.3) is 11.3 Å². The van der Waals surface area contributed by atoms with Crippen molar-refractivity contribution >= 4 is 34.1 Å². The van der Waals surface area contributed by atoms with Crippen LogP contribution in [0.5, 0.6) is 0 Å². The largest absolute Gasteiger partial charge is 0.376 e. The second-order valence-corrected chi connectivity index (χ2v) is 8.50. The zero-order valence-electron chi connectivity index (χ0n) is 16.1. The summed E-state index contributed by atoms with van der Waals surface area (Å²) < 4.78 is 7.33. The maximum absolute atomic E-state index is 12.3. The number of nitrogens with one attached hydrogen (secondary N) is 1. The fourth-order valence-electron chi connectivity index (χ4n) is 3.06. The van der Waals surface area contributed by atoms with Crippen molar-refractivity contribution in [2.45, 2.75) is 44.0 Å². The fraction of sp³-hybridized carbons (Fsp3) is 0.421. The Balaban J connectivity index is 1.30. The molecule has 2 aromatic heterocycles. The number of hydrogen-bond acceptors (Lipinski definition) is 8. The summed E-state index contributed by atoms with van der Waals surface area (Å²) in [6.45, 7) is 3.53. The minimum atomic E-state index is -0.135. The van der Waals surface area contributed by atoms with Gasteiger partial charge in [0.1, 0.15) is 0 Å². The quantitative estimate of drug-likeness (QED) is 0.548. The van der Waals surface area contributed by atoms with Crippen molar-refractivity contribution in [2.24, 2.45) is 0 Å². The molecule has 10 heteroatoms. The number of nitrogens with zero attached hydrogens (tertiary/aromatic N) is 5. The van der Waals surface area contributed by atoms with Gasteiger partial charge in [-0.2, -0.15) is 0 Å². The number of thiazole rings is 1. The lowest BCUT2D eigenvalue weighted by Gasteiger charge is -2.09. The Morgan fingerprint density at radius 1 is 1.38 bits per heavy atom. The van der Waals surface area contributed by atoms with Gasteiger partial charge in [0.05, 0.1) is 24.1 Å². The minimum Gasteiger partial charge on any atom is -0.376 e. The van der Waals surface area contributed by atoms with Crippen molar-refractivity contribution in [2.75, 3.05) is 17.7 Å². The Bertz CT molecular complexity index is 950. The number of thioether (sulfide) groups is 1. The van der Waals surface area contributed by atoms with Gasteiger partial charge < -0.3 is 10.1 Å². The van der Waals surface area contributed by atoms with Crippen molar-refractivity contribution in [1.29, 1.82) is 0 Å². The lowest BCUT2D eigenvalue weighted by atomic mass is 10.1. The lowest BCUT2D eigenvalue weighted by Crippen LogP contribution is -2.18. The van der Waals surface area contributed by atoms with Gasteiger partial charge in [-0.05, 0) is 35.3 Å². The molecule has 1 amide bonds. The minimum absolute atomic E-state index is 0.135. The highest BCUT2D eigenvalue weighted by Crippen LogP contribution is 2.26. The van der Waals surface area contributed by atoms with Gasteiger partial charge in [-0.1, -0.05) is 43.0 Å². The summed E-state index contributed by atoms with van der Waals surface area (Å²) in [6, 6.07) is 8.32. The molecule has 1 N–H and O–H groups in total. The first-order valence-electron chi connectivity index (χ1n) is 9.56. The van der Waals surface area contributed by atoms with Crippen LogP contribution in [0.1, 0.15) is 25.3 Å². The molecule has 1 atom stereocenters. The normalized spacial score (nSPS) is 16.2.